The van der Waals surface area contributed by atoms with Crippen molar-refractivity contribution in [3.8, 4) is 0 Å². The first-order valence-electron chi connectivity index (χ1n) is 7.18. The molecule has 2 amide bonds. The fourth-order valence-electron chi connectivity index (χ4n) is 2.45. The number of hydrogen-bond donors (Lipinski definition) is 3. The van der Waals surface area contributed by atoms with Crippen LogP contribution in [0.5, 0.6) is 0 Å². The van der Waals surface area contributed by atoms with E-state index in [1.165, 1.54) is 4.90 Å². The third-order valence-electron chi connectivity index (χ3n) is 3.57. The van der Waals surface area contributed by atoms with Gasteiger partial charge < -0.3 is 15.7 Å². The lowest BCUT2D eigenvalue weighted by Crippen LogP contribution is -2.49. The monoisotopic (exact) mass is 311 g/mol. The first kappa shape index (κ1) is 18.0. The second-order valence-corrected chi connectivity index (χ2v) is 5.82. The minimum absolute atomic E-state index is 0.0219. The average molecular weight is 311 g/mol. The molecule has 124 valence electrons. The lowest BCUT2D eigenvalue weighted by Gasteiger charge is -2.23. The molecule has 8 heteroatoms. The van der Waals surface area contributed by atoms with Crippen molar-refractivity contribution >= 4 is 6.03 Å². The number of carbonyl (C=O) groups excluding carboxylic acids is 1. The highest BCUT2D eigenvalue weighted by molar-refractivity contribution is 5.74. The van der Waals surface area contributed by atoms with E-state index in [0.29, 0.717) is 19.4 Å². The summed E-state index contributed by atoms with van der Waals surface area (Å²) in [5, 5.41) is 14.4. The highest BCUT2D eigenvalue weighted by atomic mass is 19.4. The number of hydrogen-bond acceptors (Lipinski definition) is 3. The Bertz CT molecular complexity index is 337. The van der Waals surface area contributed by atoms with E-state index in [1.807, 2.05) is 13.8 Å². The molecule has 0 spiro atoms. The Balaban J connectivity index is 2.35. The first-order valence-corrected chi connectivity index (χ1v) is 7.18. The number of aliphatic hydroxyl groups is 1. The van der Waals surface area contributed by atoms with E-state index in [9.17, 15) is 18.0 Å². The molecule has 0 bridgehead atoms. The van der Waals surface area contributed by atoms with E-state index in [1.54, 1.807) is 0 Å². The summed E-state index contributed by atoms with van der Waals surface area (Å²) in [5.41, 5.74) is 0. The van der Waals surface area contributed by atoms with Crippen LogP contribution < -0.4 is 10.6 Å². The van der Waals surface area contributed by atoms with E-state index in [-0.39, 0.29) is 37.2 Å². The molecule has 5 nitrogen and oxygen atoms in total. The summed E-state index contributed by atoms with van der Waals surface area (Å²) in [6, 6.07) is -0.807. The zero-order valence-corrected chi connectivity index (χ0v) is 12.4. The van der Waals surface area contributed by atoms with Crippen molar-refractivity contribution in [1.82, 2.24) is 15.5 Å². The molecule has 1 fully saturated rings. The molecular weight excluding hydrogens is 287 g/mol. The van der Waals surface area contributed by atoms with Crippen molar-refractivity contribution in [2.45, 2.75) is 44.9 Å². The molecule has 2 atom stereocenters. The van der Waals surface area contributed by atoms with Crippen molar-refractivity contribution in [2.75, 3.05) is 26.2 Å². The summed E-state index contributed by atoms with van der Waals surface area (Å²) in [6.07, 6.45) is -3.24. The number of nitrogens with one attached hydrogen (secondary N) is 2. The summed E-state index contributed by atoms with van der Waals surface area (Å²) in [4.78, 5) is 13.1. The van der Waals surface area contributed by atoms with Crippen LogP contribution in [-0.2, 0) is 0 Å². The predicted molar refractivity (Wildman–Crippen MR) is 72.9 cm³/mol. The number of urea groups is 1. The van der Waals surface area contributed by atoms with Crippen LogP contribution in [0.2, 0.25) is 0 Å². The molecule has 21 heavy (non-hydrogen) atoms. The van der Waals surface area contributed by atoms with Crippen LogP contribution in [0.3, 0.4) is 0 Å². The summed E-state index contributed by atoms with van der Waals surface area (Å²) in [7, 11) is 0. The van der Waals surface area contributed by atoms with Gasteiger partial charge in [0.2, 0.25) is 0 Å². The van der Waals surface area contributed by atoms with Crippen LogP contribution in [0.4, 0.5) is 18.0 Å². The molecule has 0 aliphatic carbocycles. The Labute approximate surface area is 122 Å². The van der Waals surface area contributed by atoms with E-state index in [0.717, 1.165) is 0 Å². The van der Waals surface area contributed by atoms with E-state index >= 15 is 0 Å². The average Bonchev–Trinajstić information content (AvgIpc) is 2.73. The summed E-state index contributed by atoms with van der Waals surface area (Å²) < 4.78 is 36.8. The molecule has 3 N–H and O–H groups in total. The fraction of sp³-hybridized carbons (Fsp3) is 0.923. The number of rotatable bonds is 6. The number of amides is 2. The highest BCUT2D eigenvalue weighted by Crippen LogP contribution is 2.19. The maximum absolute atomic E-state index is 12.3. The molecule has 1 saturated heterocycles. The lowest BCUT2D eigenvalue weighted by atomic mass is 10.0. The van der Waals surface area contributed by atoms with E-state index in [2.05, 4.69) is 10.6 Å². The highest BCUT2D eigenvalue weighted by Gasteiger charge is 2.34. The molecule has 0 saturated carbocycles. The largest absolute Gasteiger partial charge is 0.401 e. The van der Waals surface area contributed by atoms with Gasteiger partial charge in [0.25, 0.3) is 0 Å². The molecule has 1 aliphatic rings. The Morgan fingerprint density at radius 2 is 2.10 bits per heavy atom. The number of nitrogens with zero attached hydrogens (tertiary/aromatic N) is 1. The van der Waals surface area contributed by atoms with Crippen LogP contribution in [0, 0.1) is 5.92 Å². The molecule has 1 rings (SSSR count). The maximum Gasteiger partial charge on any atom is 0.401 e. The molecule has 0 radical (unpaired) electrons. The molecular formula is C13H24F3N3O2. The Kier molecular flexibility index (Phi) is 6.73. The van der Waals surface area contributed by atoms with Crippen LogP contribution in [0.1, 0.15) is 26.7 Å². The topological polar surface area (TPSA) is 64.6 Å². The Morgan fingerprint density at radius 3 is 2.62 bits per heavy atom. The number of halogens is 3. The second kappa shape index (κ2) is 7.84. The molecule has 0 aromatic heterocycles. The number of likely N-dealkylation sites (tertiary alicyclic amines) is 1. The van der Waals surface area contributed by atoms with Crippen molar-refractivity contribution in [3.63, 3.8) is 0 Å². The number of aliphatic hydroxyl groups excluding tert-OH is 1. The number of alkyl halides is 3. The lowest BCUT2D eigenvalue weighted by molar-refractivity contribution is -0.143. The molecule has 1 heterocycles. The van der Waals surface area contributed by atoms with Crippen molar-refractivity contribution < 1.29 is 23.1 Å². The predicted octanol–water partition coefficient (Wildman–Crippen LogP) is 1.33. The van der Waals surface area contributed by atoms with Crippen LogP contribution in [0.15, 0.2) is 0 Å². The van der Waals surface area contributed by atoms with Gasteiger partial charge in [-0.05, 0) is 18.8 Å². The minimum Gasteiger partial charge on any atom is -0.396 e. The SMILES string of the molecule is CC(C)C(CCO)NC(=O)NC1CCN(CC(F)(F)F)C1. The summed E-state index contributed by atoms with van der Waals surface area (Å²) >= 11 is 0. The Morgan fingerprint density at radius 1 is 1.43 bits per heavy atom. The van der Waals surface area contributed by atoms with Gasteiger partial charge in [0.15, 0.2) is 0 Å². The third-order valence-corrected chi connectivity index (χ3v) is 3.57. The molecule has 2 unspecified atom stereocenters. The summed E-state index contributed by atoms with van der Waals surface area (Å²) in [6.45, 7) is 3.44. The number of carbonyl (C=O) groups is 1. The van der Waals surface area contributed by atoms with Gasteiger partial charge in [-0.2, -0.15) is 13.2 Å². The molecule has 0 aromatic rings. The first-order chi connectivity index (χ1) is 9.71. The van der Waals surface area contributed by atoms with Gasteiger partial charge in [0.05, 0.1) is 6.54 Å². The quantitative estimate of drug-likeness (QED) is 0.693. The van der Waals surface area contributed by atoms with Gasteiger partial charge in [0.1, 0.15) is 0 Å². The second-order valence-electron chi connectivity index (χ2n) is 5.82. The smallest absolute Gasteiger partial charge is 0.396 e. The van der Waals surface area contributed by atoms with Crippen molar-refractivity contribution in [3.05, 3.63) is 0 Å². The summed E-state index contributed by atoms with van der Waals surface area (Å²) in [5.74, 6) is 0.174. The molecule has 0 aromatic carbocycles. The van der Waals surface area contributed by atoms with E-state index in [4.69, 9.17) is 5.11 Å². The van der Waals surface area contributed by atoms with Crippen LogP contribution in [-0.4, -0.2) is 60.5 Å². The van der Waals surface area contributed by atoms with E-state index < -0.39 is 12.7 Å². The van der Waals surface area contributed by atoms with Gasteiger partial charge in [-0.3, -0.25) is 4.90 Å². The van der Waals surface area contributed by atoms with Crippen molar-refractivity contribution in [1.29, 1.82) is 0 Å². The van der Waals surface area contributed by atoms with Crippen LogP contribution >= 0.6 is 0 Å². The minimum atomic E-state index is -4.21. The van der Waals surface area contributed by atoms with Gasteiger partial charge in [-0.15, -0.1) is 0 Å². The zero-order valence-electron chi connectivity index (χ0n) is 12.4. The zero-order chi connectivity index (χ0) is 16.0. The Hall–Kier alpha value is -1.02. The normalized spacial score (nSPS) is 21.6. The van der Waals surface area contributed by atoms with Gasteiger partial charge >= 0.3 is 12.2 Å². The van der Waals surface area contributed by atoms with Gasteiger partial charge in [-0.1, -0.05) is 13.8 Å². The standard InChI is InChI=1S/C13H24F3N3O2/c1-9(2)11(4-6-20)18-12(21)17-10-3-5-19(7-10)8-13(14,15)16/h9-11,20H,3-8H2,1-2H3,(H2,17,18,21). The molecule has 1 aliphatic heterocycles. The van der Waals surface area contributed by atoms with Gasteiger partial charge in [0, 0.05) is 31.8 Å². The fourth-order valence-corrected chi connectivity index (χ4v) is 2.45. The van der Waals surface area contributed by atoms with Crippen molar-refractivity contribution in [2.24, 2.45) is 5.92 Å². The third kappa shape index (κ3) is 6.99. The van der Waals surface area contributed by atoms with Crippen LogP contribution in [0.25, 0.3) is 0 Å². The van der Waals surface area contributed by atoms with Gasteiger partial charge in [-0.25, -0.2) is 4.79 Å². The maximum atomic E-state index is 12.3.